The fourth-order valence-corrected chi connectivity index (χ4v) is 3.97. The van der Waals surface area contributed by atoms with Crippen molar-refractivity contribution >= 4 is 11.3 Å². The van der Waals surface area contributed by atoms with Gasteiger partial charge in [0.25, 0.3) is 0 Å². The van der Waals surface area contributed by atoms with E-state index in [0.717, 1.165) is 40.9 Å². The molecule has 0 saturated heterocycles. The molecule has 0 aliphatic carbocycles. The summed E-state index contributed by atoms with van der Waals surface area (Å²) in [7, 11) is 5.36. The van der Waals surface area contributed by atoms with Gasteiger partial charge in [0.1, 0.15) is 5.01 Å². The number of hydrogen-bond donors (Lipinski definition) is 0. The van der Waals surface area contributed by atoms with Crippen molar-refractivity contribution in [2.75, 3.05) is 28.1 Å². The lowest BCUT2D eigenvalue weighted by atomic mass is 10.2. The van der Waals surface area contributed by atoms with E-state index in [1.165, 1.54) is 5.56 Å². The van der Waals surface area contributed by atoms with E-state index in [9.17, 15) is 0 Å². The van der Waals surface area contributed by atoms with E-state index in [2.05, 4.69) is 23.4 Å². The molecule has 0 fully saturated rings. The van der Waals surface area contributed by atoms with Crippen LogP contribution in [0.2, 0.25) is 0 Å². The summed E-state index contributed by atoms with van der Waals surface area (Å²) in [6.07, 6.45) is 0. The Bertz CT molecular complexity index is 973. The van der Waals surface area contributed by atoms with Crippen molar-refractivity contribution in [3.63, 3.8) is 0 Å². The van der Waals surface area contributed by atoms with E-state index in [0.29, 0.717) is 18.3 Å². The normalized spacial score (nSPS) is 12.4. The molecule has 4 rings (SSSR count). The van der Waals surface area contributed by atoms with Gasteiger partial charge in [-0.1, -0.05) is 6.07 Å². The zero-order valence-corrected chi connectivity index (χ0v) is 16.9. The molecule has 1 aliphatic rings. The Balaban J connectivity index is 1.43. The molecule has 0 bridgehead atoms. The molecular formula is C21H22N2O4S. The highest BCUT2D eigenvalue weighted by atomic mass is 32.1. The van der Waals surface area contributed by atoms with Crippen LogP contribution in [0.4, 0.5) is 0 Å². The lowest BCUT2D eigenvalue weighted by Gasteiger charge is -2.15. The molecule has 0 unspecified atom stereocenters. The van der Waals surface area contributed by atoms with E-state index in [4.69, 9.17) is 23.9 Å². The van der Waals surface area contributed by atoms with Gasteiger partial charge in [0.05, 0.1) is 19.9 Å². The van der Waals surface area contributed by atoms with Crippen molar-refractivity contribution in [3.05, 3.63) is 53.0 Å². The van der Waals surface area contributed by atoms with Gasteiger partial charge in [-0.25, -0.2) is 4.98 Å². The second-order valence-electron chi connectivity index (χ2n) is 6.57. The molecule has 7 heteroatoms. The highest BCUT2D eigenvalue weighted by Crippen LogP contribution is 2.34. The molecule has 0 N–H and O–H groups in total. The molecule has 0 atom stereocenters. The van der Waals surface area contributed by atoms with Crippen molar-refractivity contribution in [3.8, 4) is 33.6 Å². The van der Waals surface area contributed by atoms with Gasteiger partial charge in [0.15, 0.2) is 23.0 Å². The number of benzene rings is 2. The standard InChI is InChI=1S/C21H22N2O4S/c1-23(10-14-4-6-18-20(8-14)27-13-26-18)11-16-12-28-21(22-16)15-5-7-17(24-2)19(9-15)25-3/h4-9,12H,10-11,13H2,1-3H3. The molecular weight excluding hydrogens is 376 g/mol. The van der Waals surface area contributed by atoms with Crippen LogP contribution >= 0.6 is 11.3 Å². The Morgan fingerprint density at radius 3 is 2.64 bits per heavy atom. The lowest BCUT2D eigenvalue weighted by molar-refractivity contribution is 0.174. The summed E-state index contributed by atoms with van der Waals surface area (Å²) in [5.74, 6) is 3.05. The molecule has 0 spiro atoms. The minimum atomic E-state index is 0.298. The maximum absolute atomic E-state index is 5.46. The topological polar surface area (TPSA) is 53.1 Å². The van der Waals surface area contributed by atoms with Gasteiger partial charge < -0.3 is 18.9 Å². The first-order valence-electron chi connectivity index (χ1n) is 8.90. The zero-order valence-electron chi connectivity index (χ0n) is 16.1. The number of nitrogens with zero attached hydrogens (tertiary/aromatic N) is 2. The summed E-state index contributed by atoms with van der Waals surface area (Å²) < 4.78 is 21.5. The molecule has 2 heterocycles. The largest absolute Gasteiger partial charge is 0.493 e. The maximum atomic E-state index is 5.46. The zero-order chi connectivity index (χ0) is 19.5. The lowest BCUT2D eigenvalue weighted by Crippen LogP contribution is -2.17. The van der Waals surface area contributed by atoms with Crippen LogP contribution < -0.4 is 18.9 Å². The van der Waals surface area contributed by atoms with Gasteiger partial charge in [-0.15, -0.1) is 11.3 Å². The van der Waals surface area contributed by atoms with Gasteiger partial charge in [-0.2, -0.15) is 0 Å². The van der Waals surface area contributed by atoms with Crippen LogP contribution in [0.3, 0.4) is 0 Å². The number of fused-ring (bicyclic) bond motifs is 1. The highest BCUT2D eigenvalue weighted by Gasteiger charge is 2.15. The molecule has 6 nitrogen and oxygen atoms in total. The number of aromatic nitrogens is 1. The quantitative estimate of drug-likeness (QED) is 0.595. The van der Waals surface area contributed by atoms with Gasteiger partial charge >= 0.3 is 0 Å². The Hall–Kier alpha value is -2.77. The van der Waals surface area contributed by atoms with Gasteiger partial charge in [0.2, 0.25) is 6.79 Å². The van der Waals surface area contributed by atoms with Crippen LogP contribution in [-0.2, 0) is 13.1 Å². The first-order valence-corrected chi connectivity index (χ1v) is 9.78. The molecule has 2 aromatic carbocycles. The monoisotopic (exact) mass is 398 g/mol. The number of thiazole rings is 1. The smallest absolute Gasteiger partial charge is 0.231 e. The summed E-state index contributed by atoms with van der Waals surface area (Å²) in [5, 5.41) is 3.06. The van der Waals surface area contributed by atoms with E-state index in [1.807, 2.05) is 30.3 Å². The summed E-state index contributed by atoms with van der Waals surface area (Å²) in [5.41, 5.74) is 3.24. The van der Waals surface area contributed by atoms with Crippen molar-refractivity contribution in [1.29, 1.82) is 0 Å². The van der Waals surface area contributed by atoms with E-state index in [-0.39, 0.29) is 0 Å². The number of methoxy groups -OCH3 is 2. The first kappa shape index (κ1) is 18.6. The molecule has 0 saturated carbocycles. The summed E-state index contributed by atoms with van der Waals surface area (Å²) >= 11 is 1.63. The van der Waals surface area contributed by atoms with Crippen molar-refractivity contribution in [2.24, 2.45) is 0 Å². The van der Waals surface area contributed by atoms with E-state index in [1.54, 1.807) is 25.6 Å². The first-order chi connectivity index (χ1) is 13.7. The minimum absolute atomic E-state index is 0.298. The van der Waals surface area contributed by atoms with E-state index >= 15 is 0 Å². The van der Waals surface area contributed by atoms with Crippen molar-refractivity contribution < 1.29 is 18.9 Å². The summed E-state index contributed by atoms with van der Waals surface area (Å²) in [6.45, 7) is 1.87. The third-order valence-electron chi connectivity index (χ3n) is 4.50. The van der Waals surface area contributed by atoms with Crippen molar-refractivity contribution in [1.82, 2.24) is 9.88 Å². The molecule has 1 aromatic heterocycles. The molecule has 0 radical (unpaired) electrons. The second kappa shape index (κ2) is 8.08. The molecule has 0 amide bonds. The Labute approximate surface area is 168 Å². The van der Waals surface area contributed by atoms with Gasteiger partial charge in [-0.05, 0) is 42.9 Å². The molecule has 28 heavy (non-hydrogen) atoms. The summed E-state index contributed by atoms with van der Waals surface area (Å²) in [4.78, 5) is 7.01. The van der Waals surface area contributed by atoms with Crippen LogP contribution in [0.5, 0.6) is 23.0 Å². The molecule has 1 aliphatic heterocycles. The predicted octanol–water partition coefficient (Wildman–Crippen LogP) is 4.19. The Kier molecular flexibility index (Phi) is 5.36. The average molecular weight is 398 g/mol. The van der Waals surface area contributed by atoms with Gasteiger partial charge in [0, 0.05) is 24.0 Å². The van der Waals surface area contributed by atoms with Crippen LogP contribution in [0.1, 0.15) is 11.3 Å². The highest BCUT2D eigenvalue weighted by molar-refractivity contribution is 7.13. The number of ether oxygens (including phenoxy) is 4. The third-order valence-corrected chi connectivity index (χ3v) is 5.44. The predicted molar refractivity (Wildman–Crippen MR) is 108 cm³/mol. The minimum Gasteiger partial charge on any atom is -0.493 e. The Morgan fingerprint density at radius 1 is 1.00 bits per heavy atom. The van der Waals surface area contributed by atoms with Crippen LogP contribution in [-0.4, -0.2) is 37.9 Å². The van der Waals surface area contributed by atoms with Crippen LogP contribution in [0, 0.1) is 0 Å². The second-order valence-corrected chi connectivity index (χ2v) is 7.43. The maximum Gasteiger partial charge on any atom is 0.231 e. The number of rotatable bonds is 7. The fourth-order valence-electron chi connectivity index (χ4n) is 3.16. The number of hydrogen-bond acceptors (Lipinski definition) is 7. The van der Waals surface area contributed by atoms with Crippen molar-refractivity contribution in [2.45, 2.75) is 13.1 Å². The SMILES string of the molecule is COc1ccc(-c2nc(CN(C)Cc3ccc4c(c3)OCO4)cs2)cc1OC. The molecule has 3 aromatic rings. The van der Waals surface area contributed by atoms with Crippen LogP contribution in [0.15, 0.2) is 41.8 Å². The van der Waals surface area contributed by atoms with Crippen LogP contribution in [0.25, 0.3) is 10.6 Å². The average Bonchev–Trinajstić information content (AvgIpc) is 3.36. The van der Waals surface area contributed by atoms with Gasteiger partial charge in [-0.3, -0.25) is 4.90 Å². The fraction of sp³-hybridized carbons (Fsp3) is 0.286. The summed E-state index contributed by atoms with van der Waals surface area (Å²) in [6, 6.07) is 11.9. The molecule has 146 valence electrons. The Morgan fingerprint density at radius 2 is 1.82 bits per heavy atom. The third kappa shape index (κ3) is 3.90. The van der Waals surface area contributed by atoms with E-state index < -0.39 is 0 Å².